The lowest BCUT2D eigenvalue weighted by molar-refractivity contribution is 0.355. The van der Waals surface area contributed by atoms with E-state index >= 15 is 0 Å². The van der Waals surface area contributed by atoms with Gasteiger partial charge >= 0.3 is 5.69 Å². The number of hydrogen-bond donors (Lipinski definition) is 1. The predicted octanol–water partition coefficient (Wildman–Crippen LogP) is 2.00. The molecule has 8 heteroatoms. The first-order valence-corrected chi connectivity index (χ1v) is 8.61. The van der Waals surface area contributed by atoms with Crippen molar-refractivity contribution in [1.29, 1.82) is 0 Å². The Morgan fingerprint density at radius 1 is 1.11 bits per heavy atom. The van der Waals surface area contributed by atoms with Crippen LogP contribution in [0.3, 0.4) is 0 Å². The first-order valence-electron chi connectivity index (χ1n) is 8.61. The van der Waals surface area contributed by atoms with Crippen molar-refractivity contribution in [2.75, 3.05) is 14.2 Å². The molecular formula is C19H22N4O4. The van der Waals surface area contributed by atoms with Crippen LogP contribution in [0.4, 0.5) is 0 Å². The van der Waals surface area contributed by atoms with Gasteiger partial charge < -0.3 is 14.5 Å². The van der Waals surface area contributed by atoms with Gasteiger partial charge in [-0.2, -0.15) is 0 Å². The summed E-state index contributed by atoms with van der Waals surface area (Å²) < 4.78 is 13.2. The largest absolute Gasteiger partial charge is 0.493 e. The average molecular weight is 370 g/mol. The minimum Gasteiger partial charge on any atom is -0.493 e. The number of aromatic amines is 1. The first kappa shape index (κ1) is 18.5. The van der Waals surface area contributed by atoms with Gasteiger partial charge in [0.2, 0.25) is 0 Å². The lowest BCUT2D eigenvalue weighted by Gasteiger charge is -2.10. The van der Waals surface area contributed by atoms with E-state index in [9.17, 15) is 9.59 Å². The summed E-state index contributed by atoms with van der Waals surface area (Å²) in [6, 6.07) is 5.38. The number of imidazole rings is 1. The van der Waals surface area contributed by atoms with Crippen LogP contribution in [0.2, 0.25) is 0 Å². The second-order valence-corrected chi connectivity index (χ2v) is 5.91. The molecule has 0 spiro atoms. The van der Waals surface area contributed by atoms with Gasteiger partial charge in [0.1, 0.15) is 11.3 Å². The van der Waals surface area contributed by atoms with E-state index in [0.717, 1.165) is 5.56 Å². The van der Waals surface area contributed by atoms with Crippen LogP contribution >= 0.6 is 0 Å². The van der Waals surface area contributed by atoms with Crippen LogP contribution in [0.1, 0.15) is 25.2 Å². The van der Waals surface area contributed by atoms with Crippen molar-refractivity contribution >= 4 is 16.7 Å². The van der Waals surface area contributed by atoms with E-state index in [-0.39, 0.29) is 16.8 Å². The number of nitrogens with zero attached hydrogens (tertiary/aromatic N) is 3. The molecule has 0 saturated carbocycles. The van der Waals surface area contributed by atoms with Gasteiger partial charge in [-0.15, -0.1) is 0 Å². The number of ether oxygens (including phenoxy) is 2. The van der Waals surface area contributed by atoms with Crippen LogP contribution in [0, 0.1) is 0 Å². The highest BCUT2D eigenvalue weighted by Gasteiger charge is 2.18. The van der Waals surface area contributed by atoms with Crippen LogP contribution in [0.25, 0.3) is 16.7 Å². The minimum absolute atomic E-state index is 0.287. The van der Waals surface area contributed by atoms with Gasteiger partial charge in [0.15, 0.2) is 17.1 Å². The molecule has 0 bridgehead atoms. The predicted molar refractivity (Wildman–Crippen MR) is 104 cm³/mol. The second kappa shape index (κ2) is 7.14. The highest BCUT2D eigenvalue weighted by Crippen LogP contribution is 2.31. The van der Waals surface area contributed by atoms with Gasteiger partial charge in [-0.3, -0.25) is 13.9 Å². The summed E-state index contributed by atoms with van der Waals surface area (Å²) in [5.74, 6) is 1.58. The molecule has 142 valence electrons. The molecule has 1 aromatic carbocycles. The van der Waals surface area contributed by atoms with E-state index in [1.165, 1.54) is 9.13 Å². The van der Waals surface area contributed by atoms with Gasteiger partial charge in [-0.1, -0.05) is 12.6 Å². The Bertz CT molecular complexity index is 1140. The number of aryl methyl sites for hydroxylation is 1. The molecule has 0 fully saturated rings. The number of rotatable bonds is 6. The van der Waals surface area contributed by atoms with Crippen LogP contribution in [0.15, 0.2) is 34.4 Å². The van der Waals surface area contributed by atoms with Crippen molar-refractivity contribution in [3.05, 3.63) is 57.0 Å². The number of aromatic nitrogens is 4. The van der Waals surface area contributed by atoms with E-state index in [1.54, 1.807) is 33.3 Å². The van der Waals surface area contributed by atoms with Crippen molar-refractivity contribution in [3.63, 3.8) is 0 Å². The van der Waals surface area contributed by atoms with Gasteiger partial charge in [0.25, 0.3) is 5.56 Å². The van der Waals surface area contributed by atoms with Crippen molar-refractivity contribution in [2.24, 2.45) is 0 Å². The van der Waals surface area contributed by atoms with E-state index in [1.807, 2.05) is 13.0 Å². The van der Waals surface area contributed by atoms with Crippen molar-refractivity contribution in [1.82, 2.24) is 19.1 Å². The molecule has 0 amide bonds. The monoisotopic (exact) mass is 370 g/mol. The number of fused-ring (bicyclic) bond motifs is 1. The molecule has 1 N–H and O–H groups in total. The summed E-state index contributed by atoms with van der Waals surface area (Å²) >= 11 is 0. The van der Waals surface area contributed by atoms with Crippen molar-refractivity contribution in [3.8, 4) is 11.5 Å². The van der Waals surface area contributed by atoms with Gasteiger partial charge in [0.05, 0.1) is 14.2 Å². The van der Waals surface area contributed by atoms with Crippen LogP contribution in [0.5, 0.6) is 11.5 Å². The normalized spacial score (nSPS) is 11.0. The fourth-order valence-electron chi connectivity index (χ4n) is 3.03. The zero-order valence-corrected chi connectivity index (χ0v) is 15.8. The Morgan fingerprint density at radius 2 is 1.78 bits per heavy atom. The summed E-state index contributed by atoms with van der Waals surface area (Å²) in [5.41, 5.74) is 1.19. The molecule has 0 atom stereocenters. The number of benzene rings is 1. The Hall–Kier alpha value is -3.29. The smallest absolute Gasteiger partial charge is 0.332 e. The summed E-state index contributed by atoms with van der Waals surface area (Å²) in [5, 5.41) is 0. The molecule has 2 heterocycles. The Labute approximate surface area is 155 Å². The quantitative estimate of drug-likeness (QED) is 0.717. The lowest BCUT2D eigenvalue weighted by Crippen LogP contribution is -2.39. The number of hydrogen-bond acceptors (Lipinski definition) is 5. The van der Waals surface area contributed by atoms with Crippen LogP contribution in [-0.4, -0.2) is 33.3 Å². The molecule has 3 rings (SSSR count). The molecule has 0 aliphatic rings. The average Bonchev–Trinajstić information content (AvgIpc) is 3.13. The minimum atomic E-state index is -0.388. The fraction of sp³-hybridized carbons (Fsp3) is 0.316. The Balaban J connectivity index is 2.18. The molecule has 0 unspecified atom stereocenters. The van der Waals surface area contributed by atoms with E-state index in [2.05, 4.69) is 16.5 Å². The maximum Gasteiger partial charge on any atom is 0.332 e. The first-order chi connectivity index (χ1) is 13.0. The molecule has 3 aromatic rings. The Kier molecular flexibility index (Phi) is 4.89. The molecular weight excluding hydrogens is 348 g/mol. The second-order valence-electron chi connectivity index (χ2n) is 5.91. The van der Waals surface area contributed by atoms with Crippen molar-refractivity contribution in [2.45, 2.75) is 26.9 Å². The molecule has 8 nitrogen and oxygen atoms in total. The van der Waals surface area contributed by atoms with E-state index < -0.39 is 0 Å². The van der Waals surface area contributed by atoms with Gasteiger partial charge in [-0.25, -0.2) is 9.78 Å². The van der Waals surface area contributed by atoms with Crippen molar-refractivity contribution < 1.29 is 9.47 Å². The Morgan fingerprint density at radius 3 is 2.37 bits per heavy atom. The van der Waals surface area contributed by atoms with Crippen LogP contribution in [-0.2, 0) is 13.1 Å². The maximum absolute atomic E-state index is 12.6. The standard InChI is InChI=1S/C19H22N4O4/c1-6-22-17-15(18(24)23(7-2)19(22)25)20-16(21-17)11(3)12-8-9-13(26-4)14(10-12)27-5/h8-10H,3,6-7H2,1-2,4-5H3,(H,20,21). The lowest BCUT2D eigenvalue weighted by atomic mass is 10.1. The summed E-state index contributed by atoms with van der Waals surface area (Å²) in [6.45, 7) is 8.38. The van der Waals surface area contributed by atoms with Crippen LogP contribution < -0.4 is 20.7 Å². The topological polar surface area (TPSA) is 91.1 Å². The molecule has 0 radical (unpaired) electrons. The molecule has 0 saturated heterocycles. The highest BCUT2D eigenvalue weighted by atomic mass is 16.5. The molecule has 2 aromatic heterocycles. The number of nitrogens with one attached hydrogen (secondary N) is 1. The van der Waals surface area contributed by atoms with E-state index in [0.29, 0.717) is 41.6 Å². The zero-order valence-electron chi connectivity index (χ0n) is 15.8. The molecule has 0 aliphatic heterocycles. The fourth-order valence-corrected chi connectivity index (χ4v) is 3.03. The molecule has 0 aliphatic carbocycles. The number of methoxy groups -OCH3 is 2. The van der Waals surface area contributed by atoms with Gasteiger partial charge in [0, 0.05) is 18.7 Å². The van der Waals surface area contributed by atoms with Gasteiger partial charge in [-0.05, 0) is 31.5 Å². The SMILES string of the molecule is C=C(c1ccc(OC)c(OC)c1)c1nc2c([nH]1)c(=O)n(CC)c(=O)n2CC. The maximum atomic E-state index is 12.6. The number of H-pyrrole nitrogens is 1. The van der Waals surface area contributed by atoms with E-state index in [4.69, 9.17) is 9.47 Å². The summed E-state index contributed by atoms with van der Waals surface area (Å²) in [7, 11) is 3.12. The third kappa shape index (κ3) is 2.92. The highest BCUT2D eigenvalue weighted by molar-refractivity contribution is 5.81. The summed E-state index contributed by atoms with van der Waals surface area (Å²) in [6.07, 6.45) is 0. The zero-order chi connectivity index (χ0) is 19.7. The molecule has 27 heavy (non-hydrogen) atoms. The third-order valence-corrected chi connectivity index (χ3v) is 4.51. The summed E-state index contributed by atoms with van der Waals surface area (Å²) in [4.78, 5) is 32.6. The third-order valence-electron chi connectivity index (χ3n) is 4.51.